The number of nitrogens with one attached hydrogen (secondary N) is 2. The molecule has 1 aliphatic heterocycles. The number of sulfonamides is 1. The zero-order valence-electron chi connectivity index (χ0n) is 15.5. The van der Waals surface area contributed by atoms with E-state index in [1.807, 2.05) is 13.8 Å². The average Bonchev–Trinajstić information content (AvgIpc) is 3.37. The number of nitrogens with zero attached hydrogens (tertiary/aromatic N) is 3. The minimum atomic E-state index is -3.65. The SMILES string of the molecule is CC[C@@H](C)[C@@H](N=C1NS(=O)(=O)c2ccccc21)C(=O)Nc1nnc(C2CC2)s1. The van der Waals surface area contributed by atoms with E-state index in [1.54, 1.807) is 18.2 Å². The van der Waals surface area contributed by atoms with Gasteiger partial charge in [0.25, 0.3) is 15.9 Å². The van der Waals surface area contributed by atoms with Crippen LogP contribution in [0.2, 0.25) is 0 Å². The second-order valence-electron chi connectivity index (χ2n) is 7.12. The fourth-order valence-electron chi connectivity index (χ4n) is 3.00. The maximum atomic E-state index is 12.9. The number of hydrogen-bond acceptors (Lipinski definition) is 7. The van der Waals surface area contributed by atoms with Crippen molar-refractivity contribution in [1.82, 2.24) is 14.9 Å². The van der Waals surface area contributed by atoms with Gasteiger partial charge in [-0.15, -0.1) is 10.2 Å². The van der Waals surface area contributed by atoms with Crippen molar-refractivity contribution in [3.05, 3.63) is 34.8 Å². The van der Waals surface area contributed by atoms with Gasteiger partial charge in [-0.1, -0.05) is 43.7 Å². The normalized spacial score (nSPS) is 21.0. The molecular formula is C18H21N5O3S2. The first kappa shape index (κ1) is 19.0. The second kappa shape index (κ2) is 7.25. The third-order valence-corrected chi connectivity index (χ3v) is 7.38. The molecule has 148 valence electrons. The molecule has 0 saturated heterocycles. The molecule has 2 atom stereocenters. The van der Waals surface area contributed by atoms with E-state index in [9.17, 15) is 13.2 Å². The van der Waals surface area contributed by atoms with Gasteiger partial charge in [-0.2, -0.15) is 0 Å². The number of anilines is 1. The van der Waals surface area contributed by atoms with Crippen LogP contribution in [0.3, 0.4) is 0 Å². The first-order chi connectivity index (χ1) is 13.4. The highest BCUT2D eigenvalue weighted by molar-refractivity contribution is 7.90. The predicted octanol–water partition coefficient (Wildman–Crippen LogP) is 2.51. The summed E-state index contributed by atoms with van der Waals surface area (Å²) in [6, 6.07) is 5.87. The van der Waals surface area contributed by atoms with Crippen LogP contribution in [0.1, 0.15) is 49.6 Å². The maximum absolute atomic E-state index is 12.9. The van der Waals surface area contributed by atoms with Gasteiger partial charge < -0.3 is 0 Å². The van der Waals surface area contributed by atoms with Gasteiger partial charge in [0.2, 0.25) is 5.13 Å². The summed E-state index contributed by atoms with van der Waals surface area (Å²) in [7, 11) is -3.65. The molecule has 1 aliphatic carbocycles. The number of amides is 1. The van der Waals surface area contributed by atoms with Crippen molar-refractivity contribution in [1.29, 1.82) is 0 Å². The van der Waals surface area contributed by atoms with Crippen LogP contribution in [-0.4, -0.2) is 36.4 Å². The van der Waals surface area contributed by atoms with Crippen molar-refractivity contribution in [2.24, 2.45) is 10.9 Å². The number of amidine groups is 1. The number of benzene rings is 1. The number of aliphatic imine (C=N–C) groups is 1. The summed E-state index contributed by atoms with van der Waals surface area (Å²) < 4.78 is 27.1. The van der Waals surface area contributed by atoms with Crippen molar-refractivity contribution in [3.63, 3.8) is 0 Å². The number of rotatable bonds is 6. The molecule has 2 N–H and O–H groups in total. The van der Waals surface area contributed by atoms with Crippen molar-refractivity contribution >= 4 is 38.2 Å². The van der Waals surface area contributed by atoms with E-state index in [0.29, 0.717) is 23.0 Å². The Balaban J connectivity index is 1.61. The van der Waals surface area contributed by atoms with Crippen molar-refractivity contribution < 1.29 is 13.2 Å². The van der Waals surface area contributed by atoms with E-state index in [4.69, 9.17) is 0 Å². The monoisotopic (exact) mass is 419 g/mol. The number of fused-ring (bicyclic) bond motifs is 1. The standard InChI is InChI=1S/C18H21N5O3S2/c1-3-10(2)14(16(24)20-18-22-21-17(27-18)11-8-9-11)19-15-12-6-4-5-7-13(12)28(25,26)23-15/h4-7,10-11,14H,3,8-9H2,1-2H3,(H,19,23)(H,20,22,24)/t10-,14-/m1/s1. The quantitative estimate of drug-likeness (QED) is 0.747. The van der Waals surface area contributed by atoms with Crippen LogP contribution in [0.15, 0.2) is 34.2 Å². The molecular weight excluding hydrogens is 398 g/mol. The number of carbonyl (C=O) groups is 1. The van der Waals surface area contributed by atoms with Crippen LogP contribution >= 0.6 is 11.3 Å². The van der Waals surface area contributed by atoms with Crippen LogP contribution in [0, 0.1) is 5.92 Å². The number of hydrogen-bond donors (Lipinski definition) is 2. The third kappa shape index (κ3) is 3.66. The molecule has 28 heavy (non-hydrogen) atoms. The Morgan fingerprint density at radius 3 is 2.82 bits per heavy atom. The smallest absolute Gasteiger partial charge is 0.263 e. The molecule has 2 aliphatic rings. The lowest BCUT2D eigenvalue weighted by Crippen LogP contribution is -2.34. The molecule has 10 heteroatoms. The Hall–Kier alpha value is -2.33. The molecule has 0 spiro atoms. The Morgan fingerprint density at radius 1 is 1.36 bits per heavy atom. The Bertz CT molecular complexity index is 1040. The van der Waals surface area contributed by atoms with Crippen molar-refractivity contribution in [2.75, 3.05) is 5.32 Å². The maximum Gasteiger partial charge on any atom is 0.263 e. The van der Waals surface area contributed by atoms with Crippen LogP contribution in [0.4, 0.5) is 5.13 Å². The zero-order valence-corrected chi connectivity index (χ0v) is 17.2. The summed E-state index contributed by atoms with van der Waals surface area (Å²) in [6.45, 7) is 3.88. The molecule has 1 aromatic carbocycles. The first-order valence-electron chi connectivity index (χ1n) is 9.23. The highest BCUT2D eigenvalue weighted by Crippen LogP contribution is 2.42. The summed E-state index contributed by atoms with van der Waals surface area (Å²) in [5.41, 5.74) is 0.482. The van der Waals surface area contributed by atoms with Gasteiger partial charge in [-0.3, -0.25) is 19.8 Å². The molecule has 1 saturated carbocycles. The van der Waals surface area contributed by atoms with Gasteiger partial charge in [-0.25, -0.2) is 8.42 Å². The van der Waals surface area contributed by atoms with Crippen LogP contribution in [0.5, 0.6) is 0 Å². The highest BCUT2D eigenvalue weighted by atomic mass is 32.2. The summed E-state index contributed by atoms with van der Waals surface area (Å²) in [6.07, 6.45) is 2.95. The lowest BCUT2D eigenvalue weighted by atomic mass is 9.99. The fourth-order valence-corrected chi connectivity index (χ4v) is 5.15. The van der Waals surface area contributed by atoms with Crippen molar-refractivity contribution in [2.45, 2.75) is 50.0 Å². The minimum Gasteiger partial charge on any atom is -0.299 e. The largest absolute Gasteiger partial charge is 0.299 e. The van der Waals surface area contributed by atoms with Gasteiger partial charge in [-0.05, 0) is 30.9 Å². The van der Waals surface area contributed by atoms with Crippen LogP contribution in [-0.2, 0) is 14.8 Å². The van der Waals surface area contributed by atoms with Crippen molar-refractivity contribution in [3.8, 4) is 0 Å². The van der Waals surface area contributed by atoms with Gasteiger partial charge >= 0.3 is 0 Å². The van der Waals surface area contributed by atoms with Gasteiger partial charge in [0.15, 0.2) is 0 Å². The molecule has 0 radical (unpaired) electrons. The van der Waals surface area contributed by atoms with E-state index in [-0.39, 0.29) is 22.6 Å². The lowest BCUT2D eigenvalue weighted by molar-refractivity contribution is -0.118. The van der Waals surface area contributed by atoms with E-state index in [2.05, 4.69) is 25.2 Å². The Kier molecular flexibility index (Phi) is 4.92. The van der Waals surface area contributed by atoms with Crippen LogP contribution < -0.4 is 10.0 Å². The summed E-state index contributed by atoms with van der Waals surface area (Å²) in [4.78, 5) is 17.6. The number of aromatic nitrogens is 2. The zero-order chi connectivity index (χ0) is 19.9. The molecule has 0 unspecified atom stereocenters. The topological polar surface area (TPSA) is 113 Å². The van der Waals surface area contributed by atoms with Crippen LogP contribution in [0.25, 0.3) is 0 Å². The molecule has 4 rings (SSSR count). The summed E-state index contributed by atoms with van der Waals surface area (Å²) >= 11 is 1.39. The Morgan fingerprint density at radius 2 is 2.11 bits per heavy atom. The number of carbonyl (C=O) groups excluding carboxylic acids is 1. The highest BCUT2D eigenvalue weighted by Gasteiger charge is 2.33. The van der Waals surface area contributed by atoms with E-state index in [1.165, 1.54) is 17.4 Å². The molecule has 2 heterocycles. The first-order valence-corrected chi connectivity index (χ1v) is 11.5. The molecule has 1 amide bonds. The second-order valence-corrected chi connectivity index (χ2v) is 9.78. The van der Waals surface area contributed by atoms with E-state index >= 15 is 0 Å². The van der Waals surface area contributed by atoms with Gasteiger partial charge in [0, 0.05) is 11.5 Å². The lowest BCUT2D eigenvalue weighted by Gasteiger charge is -2.18. The third-order valence-electron chi connectivity index (χ3n) is 4.98. The molecule has 2 aromatic rings. The molecule has 8 nitrogen and oxygen atoms in total. The van der Waals surface area contributed by atoms with Gasteiger partial charge in [0.1, 0.15) is 16.9 Å². The van der Waals surface area contributed by atoms with Gasteiger partial charge in [0.05, 0.1) is 4.90 Å². The predicted molar refractivity (Wildman–Crippen MR) is 107 cm³/mol. The summed E-state index contributed by atoms with van der Waals surface area (Å²) in [5.74, 6) is 0.273. The molecule has 0 bridgehead atoms. The molecule has 1 aromatic heterocycles. The summed E-state index contributed by atoms with van der Waals surface area (Å²) in [5, 5.41) is 12.4. The average molecular weight is 420 g/mol. The van der Waals surface area contributed by atoms with E-state index < -0.39 is 16.1 Å². The minimum absolute atomic E-state index is 0.0828. The van der Waals surface area contributed by atoms with E-state index in [0.717, 1.165) is 17.8 Å². The Labute approximate surface area is 167 Å². The fraction of sp³-hybridized carbons (Fsp3) is 0.444. The molecule has 1 fully saturated rings.